The van der Waals surface area contributed by atoms with E-state index >= 15 is 0 Å². The summed E-state index contributed by atoms with van der Waals surface area (Å²) in [6.45, 7) is 2.45. The fraction of sp³-hybridized carbons (Fsp3) is 1.00. The molecule has 0 aliphatic heterocycles. The Labute approximate surface area is 86.3 Å². The highest BCUT2D eigenvalue weighted by molar-refractivity contribution is 7.89. The first-order valence-corrected chi connectivity index (χ1v) is 6.94. The summed E-state index contributed by atoms with van der Waals surface area (Å²) in [5, 5.41) is 0. The van der Waals surface area contributed by atoms with Crippen molar-refractivity contribution in [3.05, 3.63) is 0 Å². The van der Waals surface area contributed by atoms with Crippen molar-refractivity contribution in [2.75, 3.05) is 12.3 Å². The summed E-state index contributed by atoms with van der Waals surface area (Å²) in [6.07, 6.45) is 3.73. The first-order chi connectivity index (χ1) is 6.59. The second-order valence-corrected chi connectivity index (χ2v) is 5.84. The molecule has 0 amide bonds. The molecule has 0 aromatic heterocycles. The van der Waals surface area contributed by atoms with E-state index in [0.29, 0.717) is 18.9 Å². The van der Waals surface area contributed by atoms with Gasteiger partial charge in [0.1, 0.15) is 0 Å². The van der Waals surface area contributed by atoms with Gasteiger partial charge in [0, 0.05) is 6.04 Å². The van der Waals surface area contributed by atoms with Crippen molar-refractivity contribution < 1.29 is 8.42 Å². The summed E-state index contributed by atoms with van der Waals surface area (Å²) in [4.78, 5) is 0. The van der Waals surface area contributed by atoms with Crippen LogP contribution in [0.1, 0.15) is 32.6 Å². The van der Waals surface area contributed by atoms with Crippen LogP contribution >= 0.6 is 0 Å². The minimum atomic E-state index is -3.06. The van der Waals surface area contributed by atoms with Gasteiger partial charge in [-0.25, -0.2) is 13.1 Å². The fourth-order valence-electron chi connectivity index (χ4n) is 2.03. The predicted octanol–water partition coefficient (Wildman–Crippen LogP) is 0.443. The van der Waals surface area contributed by atoms with Crippen LogP contribution in [-0.4, -0.2) is 26.8 Å². The molecule has 0 aromatic rings. The minimum absolute atomic E-state index is 0.0801. The Morgan fingerprint density at radius 3 is 2.71 bits per heavy atom. The number of hydrogen-bond acceptors (Lipinski definition) is 3. The number of hydrogen-bond donors (Lipinski definition) is 2. The Kier molecular flexibility index (Phi) is 4.34. The standard InChI is InChI=1S/C9H20N2O2S/c1-2-6-14(12,13)11-9-5-3-4-8(9)7-10/h8-9,11H,2-7,10H2,1H3. The molecule has 3 N–H and O–H groups in total. The van der Waals surface area contributed by atoms with Crippen LogP contribution < -0.4 is 10.5 Å². The quantitative estimate of drug-likeness (QED) is 0.706. The van der Waals surface area contributed by atoms with Gasteiger partial charge < -0.3 is 5.73 Å². The number of nitrogens with one attached hydrogen (secondary N) is 1. The van der Waals surface area contributed by atoms with Crippen molar-refractivity contribution in [2.24, 2.45) is 11.7 Å². The Morgan fingerprint density at radius 2 is 2.14 bits per heavy atom. The average molecular weight is 220 g/mol. The van der Waals surface area contributed by atoms with E-state index in [-0.39, 0.29) is 11.8 Å². The van der Waals surface area contributed by atoms with Crippen molar-refractivity contribution >= 4 is 10.0 Å². The molecule has 1 saturated carbocycles. The SMILES string of the molecule is CCCS(=O)(=O)NC1CCCC1CN. The maximum absolute atomic E-state index is 11.5. The van der Waals surface area contributed by atoms with Crippen molar-refractivity contribution in [1.82, 2.24) is 4.72 Å². The van der Waals surface area contributed by atoms with Gasteiger partial charge in [0.2, 0.25) is 10.0 Å². The lowest BCUT2D eigenvalue weighted by Gasteiger charge is -2.19. The first-order valence-electron chi connectivity index (χ1n) is 5.29. The Morgan fingerprint density at radius 1 is 1.43 bits per heavy atom. The van der Waals surface area contributed by atoms with E-state index in [9.17, 15) is 8.42 Å². The van der Waals surface area contributed by atoms with Crippen LogP contribution in [0.5, 0.6) is 0 Å². The molecular formula is C9H20N2O2S. The van der Waals surface area contributed by atoms with Gasteiger partial charge in [-0.3, -0.25) is 0 Å². The van der Waals surface area contributed by atoms with Gasteiger partial charge in [0.05, 0.1) is 5.75 Å². The Bertz CT molecular complexity index is 264. The number of nitrogens with two attached hydrogens (primary N) is 1. The molecule has 84 valence electrons. The van der Waals surface area contributed by atoms with Gasteiger partial charge in [-0.2, -0.15) is 0 Å². The molecule has 0 heterocycles. The highest BCUT2D eigenvalue weighted by Crippen LogP contribution is 2.25. The molecule has 0 spiro atoms. The van der Waals surface area contributed by atoms with Gasteiger partial charge in [-0.1, -0.05) is 13.3 Å². The average Bonchev–Trinajstić information content (AvgIpc) is 2.50. The molecule has 0 bridgehead atoms. The van der Waals surface area contributed by atoms with E-state index in [1.54, 1.807) is 0 Å². The zero-order chi connectivity index (χ0) is 10.6. The summed E-state index contributed by atoms with van der Waals surface area (Å²) in [5.74, 6) is 0.558. The van der Waals surface area contributed by atoms with Crippen LogP contribution in [0, 0.1) is 5.92 Å². The summed E-state index contributed by atoms with van der Waals surface area (Å²) in [6, 6.07) is 0.0801. The van der Waals surface area contributed by atoms with Crippen LogP contribution in [0.2, 0.25) is 0 Å². The molecule has 1 fully saturated rings. The molecule has 2 unspecified atom stereocenters. The first kappa shape index (κ1) is 11.9. The second-order valence-electron chi connectivity index (χ2n) is 3.97. The summed E-state index contributed by atoms with van der Waals surface area (Å²) in [7, 11) is -3.06. The van der Waals surface area contributed by atoms with Crippen molar-refractivity contribution in [3.8, 4) is 0 Å². The Hall–Kier alpha value is -0.130. The molecule has 14 heavy (non-hydrogen) atoms. The van der Waals surface area contributed by atoms with Crippen LogP contribution in [0.3, 0.4) is 0 Å². The molecular weight excluding hydrogens is 200 g/mol. The lowest BCUT2D eigenvalue weighted by atomic mass is 10.1. The summed E-state index contributed by atoms with van der Waals surface area (Å²) >= 11 is 0. The van der Waals surface area contributed by atoms with Crippen LogP contribution in [-0.2, 0) is 10.0 Å². The van der Waals surface area contributed by atoms with Gasteiger partial charge in [-0.05, 0) is 31.7 Å². The van der Waals surface area contributed by atoms with E-state index in [4.69, 9.17) is 5.73 Å². The molecule has 4 nitrogen and oxygen atoms in total. The maximum atomic E-state index is 11.5. The lowest BCUT2D eigenvalue weighted by molar-refractivity contribution is 0.452. The van der Waals surface area contributed by atoms with Crippen molar-refractivity contribution in [3.63, 3.8) is 0 Å². The predicted molar refractivity (Wildman–Crippen MR) is 57.4 cm³/mol. The highest BCUT2D eigenvalue weighted by Gasteiger charge is 2.29. The van der Waals surface area contributed by atoms with Crippen molar-refractivity contribution in [1.29, 1.82) is 0 Å². The van der Waals surface area contributed by atoms with Gasteiger partial charge in [-0.15, -0.1) is 0 Å². The largest absolute Gasteiger partial charge is 0.330 e. The lowest BCUT2D eigenvalue weighted by Crippen LogP contribution is -2.40. The molecule has 1 aliphatic rings. The van der Waals surface area contributed by atoms with E-state index < -0.39 is 10.0 Å². The van der Waals surface area contributed by atoms with Crippen LogP contribution in [0.25, 0.3) is 0 Å². The molecule has 0 aromatic carbocycles. The van der Waals surface area contributed by atoms with Crippen molar-refractivity contribution in [2.45, 2.75) is 38.6 Å². The third kappa shape index (κ3) is 3.22. The molecule has 1 aliphatic carbocycles. The second kappa shape index (κ2) is 5.09. The monoisotopic (exact) mass is 220 g/mol. The van der Waals surface area contributed by atoms with Gasteiger partial charge in [0.15, 0.2) is 0 Å². The number of rotatable bonds is 5. The molecule has 2 atom stereocenters. The normalized spacial score (nSPS) is 28.1. The third-order valence-electron chi connectivity index (χ3n) is 2.77. The van der Waals surface area contributed by atoms with E-state index in [1.807, 2.05) is 6.92 Å². The molecule has 0 radical (unpaired) electrons. The van der Waals surface area contributed by atoms with Crippen LogP contribution in [0.15, 0.2) is 0 Å². The topological polar surface area (TPSA) is 72.2 Å². The zero-order valence-electron chi connectivity index (χ0n) is 8.70. The smallest absolute Gasteiger partial charge is 0.211 e. The number of sulfonamides is 1. The maximum Gasteiger partial charge on any atom is 0.211 e. The third-order valence-corrected chi connectivity index (χ3v) is 4.37. The van der Waals surface area contributed by atoms with Crippen LogP contribution in [0.4, 0.5) is 0 Å². The minimum Gasteiger partial charge on any atom is -0.330 e. The van der Waals surface area contributed by atoms with E-state index in [1.165, 1.54) is 0 Å². The van der Waals surface area contributed by atoms with E-state index in [0.717, 1.165) is 19.3 Å². The van der Waals surface area contributed by atoms with Gasteiger partial charge in [0.25, 0.3) is 0 Å². The molecule has 5 heteroatoms. The molecule has 1 rings (SSSR count). The van der Waals surface area contributed by atoms with Gasteiger partial charge >= 0.3 is 0 Å². The zero-order valence-corrected chi connectivity index (χ0v) is 9.52. The highest BCUT2D eigenvalue weighted by atomic mass is 32.2. The Balaban J connectivity index is 2.51. The fourth-order valence-corrected chi connectivity index (χ4v) is 3.46. The molecule has 0 saturated heterocycles. The summed E-state index contributed by atoms with van der Waals surface area (Å²) < 4.78 is 25.7. The van der Waals surface area contributed by atoms with E-state index in [2.05, 4.69) is 4.72 Å². The summed E-state index contributed by atoms with van der Waals surface area (Å²) in [5.41, 5.74) is 5.58.